The number of aliphatic hydroxyl groups excluding tert-OH is 1. The highest BCUT2D eigenvalue weighted by molar-refractivity contribution is 9.10. The second kappa shape index (κ2) is 5.69. The number of carbonyl (C=O) groups excluding carboxylic acids is 1. The molecule has 0 spiro atoms. The summed E-state index contributed by atoms with van der Waals surface area (Å²) in [4.78, 5) is 13.7. The Morgan fingerprint density at radius 1 is 1.53 bits per heavy atom. The summed E-state index contributed by atoms with van der Waals surface area (Å²) in [6.07, 6.45) is 1.38. The molecule has 1 amide bonds. The van der Waals surface area contributed by atoms with E-state index in [0.29, 0.717) is 12.2 Å². The van der Waals surface area contributed by atoms with E-state index < -0.39 is 6.10 Å². The van der Waals surface area contributed by atoms with Gasteiger partial charge in [-0.1, -0.05) is 0 Å². The number of likely N-dealkylation sites (N-methyl/N-ethyl adjacent to an activating group) is 1. The van der Waals surface area contributed by atoms with E-state index in [2.05, 4.69) is 15.9 Å². The molecule has 96 valence electrons. The smallest absolute Gasteiger partial charge is 0.270 e. The van der Waals surface area contributed by atoms with Crippen molar-refractivity contribution < 1.29 is 9.90 Å². The Morgan fingerprint density at radius 2 is 2.12 bits per heavy atom. The van der Waals surface area contributed by atoms with E-state index in [9.17, 15) is 9.90 Å². The van der Waals surface area contributed by atoms with Crippen LogP contribution in [0.3, 0.4) is 0 Å². The first-order valence-corrected chi connectivity index (χ1v) is 6.43. The Bertz CT molecular complexity index is 399. The third-order valence-corrected chi connectivity index (χ3v) is 2.91. The van der Waals surface area contributed by atoms with Gasteiger partial charge in [0.05, 0.1) is 6.10 Å². The Kier molecular flexibility index (Phi) is 4.77. The lowest BCUT2D eigenvalue weighted by molar-refractivity contribution is 0.0692. The van der Waals surface area contributed by atoms with Gasteiger partial charge in [-0.05, 0) is 42.8 Å². The first-order valence-electron chi connectivity index (χ1n) is 5.63. The fourth-order valence-corrected chi connectivity index (χ4v) is 2.16. The van der Waals surface area contributed by atoms with Crippen LogP contribution in [0.2, 0.25) is 0 Å². The third kappa shape index (κ3) is 3.57. The van der Waals surface area contributed by atoms with E-state index in [4.69, 9.17) is 0 Å². The normalized spacial score (nSPS) is 12.9. The van der Waals surface area contributed by atoms with Gasteiger partial charge in [-0.2, -0.15) is 0 Å². The highest BCUT2D eigenvalue weighted by Crippen LogP contribution is 2.20. The molecule has 0 aliphatic heterocycles. The molecule has 0 aromatic carbocycles. The Balaban J connectivity index is 2.95. The van der Waals surface area contributed by atoms with E-state index in [1.807, 2.05) is 24.6 Å². The van der Waals surface area contributed by atoms with Crippen molar-refractivity contribution in [1.29, 1.82) is 0 Å². The van der Waals surface area contributed by atoms with Crippen LogP contribution >= 0.6 is 15.9 Å². The molecule has 17 heavy (non-hydrogen) atoms. The lowest BCUT2D eigenvalue weighted by Crippen LogP contribution is -2.34. The molecule has 0 saturated carbocycles. The SMILES string of the molecule is CC(O)CN(C)C(=O)c1cc(Br)cn1C(C)C. The van der Waals surface area contributed by atoms with Crippen molar-refractivity contribution in [3.63, 3.8) is 0 Å². The number of halogens is 1. The first kappa shape index (κ1) is 14.3. The van der Waals surface area contributed by atoms with E-state index in [1.54, 1.807) is 20.0 Å². The maximum Gasteiger partial charge on any atom is 0.270 e. The van der Waals surface area contributed by atoms with Crippen LogP contribution in [-0.2, 0) is 0 Å². The summed E-state index contributed by atoms with van der Waals surface area (Å²) in [5, 5.41) is 9.29. The van der Waals surface area contributed by atoms with Gasteiger partial charge in [0.25, 0.3) is 5.91 Å². The van der Waals surface area contributed by atoms with Gasteiger partial charge in [-0.25, -0.2) is 0 Å². The summed E-state index contributed by atoms with van der Waals surface area (Å²) >= 11 is 3.38. The van der Waals surface area contributed by atoms with Crippen molar-refractivity contribution in [2.75, 3.05) is 13.6 Å². The van der Waals surface area contributed by atoms with Crippen LogP contribution in [0.5, 0.6) is 0 Å². The van der Waals surface area contributed by atoms with Crippen molar-refractivity contribution in [2.45, 2.75) is 32.9 Å². The third-order valence-electron chi connectivity index (χ3n) is 2.48. The standard InChI is InChI=1S/C12H19BrN2O2/c1-8(2)15-7-10(13)5-11(15)12(17)14(4)6-9(3)16/h5,7-9,16H,6H2,1-4H3. The topological polar surface area (TPSA) is 45.5 Å². The zero-order chi connectivity index (χ0) is 13.2. The number of hydrogen-bond acceptors (Lipinski definition) is 2. The lowest BCUT2D eigenvalue weighted by Gasteiger charge is -2.20. The molecule has 1 aromatic heterocycles. The highest BCUT2D eigenvalue weighted by Gasteiger charge is 2.19. The molecule has 5 heteroatoms. The van der Waals surface area contributed by atoms with Crippen LogP contribution in [0.1, 0.15) is 37.3 Å². The molecular weight excluding hydrogens is 284 g/mol. The number of aromatic nitrogens is 1. The minimum atomic E-state index is -0.519. The van der Waals surface area contributed by atoms with Crippen LogP contribution in [0.4, 0.5) is 0 Å². The molecule has 1 rings (SSSR count). The predicted octanol–water partition coefficient (Wildman–Crippen LogP) is 2.28. The van der Waals surface area contributed by atoms with Gasteiger partial charge in [0.2, 0.25) is 0 Å². The zero-order valence-corrected chi connectivity index (χ0v) is 12.2. The molecule has 1 aromatic rings. The number of hydrogen-bond donors (Lipinski definition) is 1. The summed E-state index contributed by atoms with van der Waals surface area (Å²) in [5.74, 6) is -0.0784. The van der Waals surface area contributed by atoms with Gasteiger partial charge < -0.3 is 14.6 Å². The fraction of sp³-hybridized carbons (Fsp3) is 0.583. The van der Waals surface area contributed by atoms with Crippen molar-refractivity contribution in [3.05, 3.63) is 22.4 Å². The van der Waals surface area contributed by atoms with E-state index in [1.165, 1.54) is 4.90 Å². The van der Waals surface area contributed by atoms with Crippen LogP contribution in [0.15, 0.2) is 16.7 Å². The summed E-state index contributed by atoms with van der Waals surface area (Å²) in [6.45, 7) is 6.05. The molecule has 0 radical (unpaired) electrons. The minimum absolute atomic E-state index is 0.0784. The average molecular weight is 303 g/mol. The van der Waals surface area contributed by atoms with Gasteiger partial charge >= 0.3 is 0 Å². The predicted molar refractivity (Wildman–Crippen MR) is 71.2 cm³/mol. The largest absolute Gasteiger partial charge is 0.392 e. The molecule has 0 fully saturated rings. The maximum absolute atomic E-state index is 12.2. The Morgan fingerprint density at radius 3 is 2.59 bits per heavy atom. The van der Waals surface area contributed by atoms with Crippen molar-refractivity contribution >= 4 is 21.8 Å². The molecule has 0 aliphatic carbocycles. The van der Waals surface area contributed by atoms with Crippen LogP contribution in [0.25, 0.3) is 0 Å². The summed E-state index contributed by atoms with van der Waals surface area (Å²) < 4.78 is 2.81. The molecule has 1 atom stereocenters. The van der Waals surface area contributed by atoms with Gasteiger partial charge in [0.1, 0.15) is 5.69 Å². The van der Waals surface area contributed by atoms with Crippen LogP contribution in [-0.4, -0.2) is 40.2 Å². The van der Waals surface area contributed by atoms with E-state index in [0.717, 1.165) is 4.47 Å². The van der Waals surface area contributed by atoms with Crippen LogP contribution < -0.4 is 0 Å². The first-order chi connectivity index (χ1) is 7.82. The lowest BCUT2D eigenvalue weighted by atomic mass is 10.3. The van der Waals surface area contributed by atoms with Crippen molar-refractivity contribution in [2.24, 2.45) is 0 Å². The average Bonchev–Trinajstić information content (AvgIpc) is 2.58. The quantitative estimate of drug-likeness (QED) is 0.927. The number of amides is 1. The molecule has 0 saturated heterocycles. The number of aliphatic hydroxyl groups is 1. The molecular formula is C12H19BrN2O2. The Hall–Kier alpha value is -0.810. The van der Waals surface area contributed by atoms with E-state index >= 15 is 0 Å². The maximum atomic E-state index is 12.2. The summed E-state index contributed by atoms with van der Waals surface area (Å²) in [7, 11) is 1.70. The summed E-state index contributed by atoms with van der Waals surface area (Å²) in [5.41, 5.74) is 0.634. The molecule has 1 N–H and O–H groups in total. The fourth-order valence-electron chi connectivity index (χ4n) is 1.72. The molecule has 0 aliphatic rings. The number of rotatable bonds is 4. The second-order valence-corrected chi connectivity index (χ2v) is 5.49. The molecule has 1 unspecified atom stereocenters. The highest BCUT2D eigenvalue weighted by atomic mass is 79.9. The van der Waals surface area contributed by atoms with Crippen molar-refractivity contribution in [1.82, 2.24) is 9.47 Å². The molecule has 0 bridgehead atoms. The number of carbonyl (C=O) groups is 1. The van der Waals surface area contributed by atoms with Gasteiger partial charge in [-0.3, -0.25) is 4.79 Å². The minimum Gasteiger partial charge on any atom is -0.392 e. The van der Waals surface area contributed by atoms with Gasteiger partial charge in [0, 0.05) is 30.3 Å². The van der Waals surface area contributed by atoms with E-state index in [-0.39, 0.29) is 11.9 Å². The Labute approximate surface area is 110 Å². The van der Waals surface area contributed by atoms with Crippen molar-refractivity contribution in [3.8, 4) is 0 Å². The van der Waals surface area contributed by atoms with Crippen LogP contribution in [0, 0.1) is 0 Å². The zero-order valence-electron chi connectivity index (χ0n) is 10.6. The second-order valence-electron chi connectivity index (χ2n) is 4.58. The summed E-state index contributed by atoms with van der Waals surface area (Å²) in [6, 6.07) is 2.03. The molecule has 1 heterocycles. The van der Waals surface area contributed by atoms with Gasteiger partial charge in [0.15, 0.2) is 0 Å². The van der Waals surface area contributed by atoms with Gasteiger partial charge in [-0.15, -0.1) is 0 Å². The number of nitrogens with zero attached hydrogens (tertiary/aromatic N) is 2. The monoisotopic (exact) mass is 302 g/mol. The molecule has 4 nitrogen and oxygen atoms in total.